The van der Waals surface area contributed by atoms with Crippen molar-refractivity contribution in [2.24, 2.45) is 0 Å². The molecule has 0 aliphatic rings. The molecule has 21 heavy (non-hydrogen) atoms. The Balaban J connectivity index is 2.88. The Labute approximate surface area is 125 Å². The van der Waals surface area contributed by atoms with Gasteiger partial charge in [-0.2, -0.15) is 0 Å². The molecular weight excluding hydrogens is 290 g/mol. The molecule has 0 bridgehead atoms. The van der Waals surface area contributed by atoms with Crippen LogP contribution in [-0.4, -0.2) is 37.0 Å². The Morgan fingerprint density at radius 3 is 2.52 bits per heavy atom. The van der Waals surface area contributed by atoms with Gasteiger partial charge in [0.25, 0.3) is 0 Å². The predicted octanol–water partition coefficient (Wildman–Crippen LogP) is 0.470. The summed E-state index contributed by atoms with van der Waals surface area (Å²) in [6.07, 6.45) is 1.03. The van der Waals surface area contributed by atoms with E-state index >= 15 is 0 Å². The van der Waals surface area contributed by atoms with Gasteiger partial charge in [0, 0.05) is 18.4 Å². The minimum atomic E-state index is -3.50. The first-order valence-corrected chi connectivity index (χ1v) is 8.25. The zero-order chi connectivity index (χ0) is 16.1. The van der Waals surface area contributed by atoms with Gasteiger partial charge in [0.2, 0.25) is 5.91 Å². The molecule has 0 saturated carbocycles. The molecule has 6 heteroatoms. The van der Waals surface area contributed by atoms with E-state index in [1.165, 1.54) is 13.8 Å². The number of hydrogen-bond donors (Lipinski definition) is 2. The number of amides is 1. The minimum Gasteiger partial charge on any atom is -0.384 e. The highest BCUT2D eigenvalue weighted by Gasteiger charge is 2.38. The molecule has 1 aromatic rings. The smallest absolute Gasteiger partial charge is 0.241 e. The van der Waals surface area contributed by atoms with Gasteiger partial charge in [-0.3, -0.25) is 4.79 Å². The average molecular weight is 309 g/mol. The van der Waals surface area contributed by atoms with Gasteiger partial charge < -0.3 is 10.4 Å². The third-order valence-electron chi connectivity index (χ3n) is 3.23. The van der Waals surface area contributed by atoms with Crippen molar-refractivity contribution >= 4 is 15.7 Å². The fourth-order valence-corrected chi connectivity index (χ4v) is 1.90. The number of aliphatic hydroxyl groups excluding tert-OH is 1. The van der Waals surface area contributed by atoms with E-state index in [9.17, 15) is 13.2 Å². The summed E-state index contributed by atoms with van der Waals surface area (Å²) in [5, 5.41) is 11.3. The molecule has 0 aromatic heterocycles. The van der Waals surface area contributed by atoms with Crippen LogP contribution in [0.2, 0.25) is 0 Å². The lowest BCUT2D eigenvalue weighted by molar-refractivity contribution is -0.123. The maximum Gasteiger partial charge on any atom is 0.241 e. The Kier molecular flexibility index (Phi) is 5.53. The first-order valence-electron chi connectivity index (χ1n) is 6.35. The lowest BCUT2D eigenvalue weighted by Crippen LogP contribution is -2.47. The molecule has 0 aliphatic heterocycles. The average Bonchev–Trinajstić information content (AvgIpc) is 2.42. The highest BCUT2D eigenvalue weighted by Crippen LogP contribution is 2.16. The fraction of sp³-hybridized carbons (Fsp3) is 0.400. The number of nitrogens with one attached hydrogen (secondary N) is 1. The van der Waals surface area contributed by atoms with Crippen LogP contribution in [0, 0.1) is 11.8 Å². The van der Waals surface area contributed by atoms with Crippen molar-refractivity contribution in [3.05, 3.63) is 35.4 Å². The van der Waals surface area contributed by atoms with E-state index in [1.54, 1.807) is 24.3 Å². The van der Waals surface area contributed by atoms with E-state index in [0.29, 0.717) is 5.56 Å². The lowest BCUT2D eigenvalue weighted by atomic mass is 10.1. The Morgan fingerprint density at radius 2 is 1.95 bits per heavy atom. The molecule has 0 unspecified atom stereocenters. The molecule has 0 fully saturated rings. The minimum absolute atomic E-state index is 0.175. The first-order chi connectivity index (χ1) is 9.70. The lowest BCUT2D eigenvalue weighted by Gasteiger charge is -2.21. The fourth-order valence-electron chi connectivity index (χ4n) is 1.49. The Bertz CT molecular complexity index is 681. The molecule has 5 nitrogen and oxygen atoms in total. The van der Waals surface area contributed by atoms with E-state index in [0.717, 1.165) is 11.8 Å². The van der Waals surface area contributed by atoms with E-state index < -0.39 is 20.5 Å². The summed E-state index contributed by atoms with van der Waals surface area (Å²) in [5.41, 5.74) is 1.44. The monoisotopic (exact) mass is 309 g/mol. The highest BCUT2D eigenvalue weighted by atomic mass is 32.2. The molecule has 114 valence electrons. The van der Waals surface area contributed by atoms with Crippen molar-refractivity contribution in [1.29, 1.82) is 0 Å². The largest absolute Gasteiger partial charge is 0.384 e. The zero-order valence-electron chi connectivity index (χ0n) is 12.3. The van der Waals surface area contributed by atoms with Crippen LogP contribution in [0.4, 0.5) is 0 Å². The van der Waals surface area contributed by atoms with E-state index in [1.807, 2.05) is 0 Å². The summed E-state index contributed by atoms with van der Waals surface area (Å²) in [6, 6.07) is 7.15. The molecule has 0 spiro atoms. The van der Waals surface area contributed by atoms with Crippen molar-refractivity contribution in [1.82, 2.24) is 5.32 Å². The highest BCUT2D eigenvalue weighted by molar-refractivity contribution is 7.92. The van der Waals surface area contributed by atoms with Crippen molar-refractivity contribution in [2.75, 3.05) is 12.9 Å². The van der Waals surface area contributed by atoms with E-state index in [-0.39, 0.29) is 13.2 Å². The van der Waals surface area contributed by atoms with Gasteiger partial charge in [0.05, 0.1) is 0 Å². The second kappa shape index (κ2) is 6.74. The van der Waals surface area contributed by atoms with Crippen LogP contribution >= 0.6 is 0 Å². The SMILES string of the molecule is CC(C)(C(=O)NCc1ccccc1C#CCO)S(C)(=O)=O. The molecule has 1 rings (SSSR count). The number of aliphatic hydroxyl groups is 1. The standard InChI is InChI=1S/C15H19NO4S/c1-15(2,21(3,19)20)14(18)16-11-13-8-5-4-7-12(13)9-6-10-17/h4-5,7-8,17H,10-11H2,1-3H3,(H,16,18). The molecule has 1 amide bonds. The molecule has 2 N–H and O–H groups in total. The van der Waals surface area contributed by atoms with E-state index in [2.05, 4.69) is 17.2 Å². The summed E-state index contributed by atoms with van der Waals surface area (Å²) in [7, 11) is -3.50. The van der Waals surface area contributed by atoms with Crippen LogP contribution in [0.1, 0.15) is 25.0 Å². The van der Waals surface area contributed by atoms with Crippen LogP contribution in [0.5, 0.6) is 0 Å². The predicted molar refractivity (Wildman–Crippen MR) is 81.2 cm³/mol. The zero-order valence-corrected chi connectivity index (χ0v) is 13.1. The van der Waals surface area contributed by atoms with Crippen LogP contribution < -0.4 is 5.32 Å². The van der Waals surface area contributed by atoms with Gasteiger partial charge in [-0.25, -0.2) is 8.42 Å². The maximum absolute atomic E-state index is 12.0. The van der Waals surface area contributed by atoms with Gasteiger partial charge in [0.1, 0.15) is 11.4 Å². The number of benzene rings is 1. The summed E-state index contributed by atoms with van der Waals surface area (Å²) in [4.78, 5) is 12.0. The Hall–Kier alpha value is -1.84. The molecule has 0 aliphatic carbocycles. The van der Waals surface area contributed by atoms with Gasteiger partial charge >= 0.3 is 0 Å². The second-order valence-electron chi connectivity index (χ2n) is 5.08. The van der Waals surface area contributed by atoms with Gasteiger partial charge in [-0.05, 0) is 25.5 Å². The van der Waals surface area contributed by atoms with Crippen molar-refractivity contribution in [3.63, 3.8) is 0 Å². The van der Waals surface area contributed by atoms with Crippen LogP contribution in [0.25, 0.3) is 0 Å². The van der Waals surface area contributed by atoms with Crippen molar-refractivity contribution in [2.45, 2.75) is 25.1 Å². The van der Waals surface area contributed by atoms with Crippen LogP contribution in [0.3, 0.4) is 0 Å². The number of rotatable bonds is 4. The van der Waals surface area contributed by atoms with Crippen molar-refractivity contribution < 1.29 is 18.3 Å². The summed E-state index contributed by atoms with van der Waals surface area (Å²) >= 11 is 0. The molecule has 0 atom stereocenters. The topological polar surface area (TPSA) is 83.5 Å². The molecular formula is C15H19NO4S. The molecule has 0 saturated heterocycles. The quantitative estimate of drug-likeness (QED) is 0.792. The first kappa shape index (κ1) is 17.2. The van der Waals surface area contributed by atoms with Gasteiger partial charge in [-0.15, -0.1) is 0 Å². The van der Waals surface area contributed by atoms with E-state index in [4.69, 9.17) is 5.11 Å². The molecule has 0 radical (unpaired) electrons. The normalized spacial score (nSPS) is 11.4. The number of carbonyl (C=O) groups excluding carboxylic acids is 1. The second-order valence-corrected chi connectivity index (χ2v) is 7.65. The van der Waals surface area contributed by atoms with Crippen LogP contribution in [-0.2, 0) is 21.2 Å². The third kappa shape index (κ3) is 4.31. The Morgan fingerprint density at radius 1 is 1.33 bits per heavy atom. The van der Waals surface area contributed by atoms with Crippen LogP contribution in [0.15, 0.2) is 24.3 Å². The number of carbonyl (C=O) groups is 1. The summed E-state index contributed by atoms with van der Waals surface area (Å²) in [6.45, 7) is 2.67. The summed E-state index contributed by atoms with van der Waals surface area (Å²) < 4.78 is 21.7. The molecule has 0 heterocycles. The van der Waals surface area contributed by atoms with Crippen molar-refractivity contribution in [3.8, 4) is 11.8 Å². The number of sulfone groups is 1. The van der Waals surface area contributed by atoms with Gasteiger partial charge in [0.15, 0.2) is 9.84 Å². The molecule has 1 aromatic carbocycles. The summed E-state index contributed by atoms with van der Waals surface area (Å²) in [5.74, 6) is 4.77. The third-order valence-corrected chi connectivity index (χ3v) is 5.27. The maximum atomic E-state index is 12.0. The van der Waals surface area contributed by atoms with Gasteiger partial charge in [-0.1, -0.05) is 30.0 Å². The number of hydrogen-bond acceptors (Lipinski definition) is 4.